The van der Waals surface area contributed by atoms with Gasteiger partial charge < -0.3 is 5.73 Å². The van der Waals surface area contributed by atoms with Crippen LogP contribution in [0.4, 0.5) is 0 Å². The Bertz CT molecular complexity index is 342. The van der Waals surface area contributed by atoms with Gasteiger partial charge in [-0.25, -0.2) is 0 Å². The largest absolute Gasteiger partial charge is 0.330 e. The highest BCUT2D eigenvalue weighted by Gasteiger charge is 2.41. The van der Waals surface area contributed by atoms with Crippen LogP contribution < -0.4 is 5.73 Å². The van der Waals surface area contributed by atoms with E-state index in [1.54, 1.807) is 0 Å². The molecule has 0 atom stereocenters. The molecule has 1 aliphatic rings. The van der Waals surface area contributed by atoms with Crippen LogP contribution in [-0.4, -0.2) is 6.54 Å². The minimum atomic E-state index is 0.415. The number of halogens is 1. The molecule has 2 heteroatoms. The molecule has 1 fully saturated rings. The van der Waals surface area contributed by atoms with Crippen LogP contribution in [0.15, 0.2) is 18.2 Å². The molecule has 76 valence electrons. The van der Waals surface area contributed by atoms with Crippen molar-refractivity contribution in [1.82, 2.24) is 0 Å². The molecule has 0 saturated heterocycles. The standard InChI is InChI=1S/C12H16ClN/c1-9-6-11(13)3-2-10(9)7-12(8-14)4-5-12/h2-3,6H,4-5,7-8,14H2,1H3. The van der Waals surface area contributed by atoms with Gasteiger partial charge in [0, 0.05) is 5.02 Å². The van der Waals surface area contributed by atoms with E-state index in [0.717, 1.165) is 18.0 Å². The van der Waals surface area contributed by atoms with E-state index in [1.807, 2.05) is 12.1 Å². The molecule has 1 aliphatic carbocycles. The number of rotatable bonds is 3. The van der Waals surface area contributed by atoms with E-state index in [4.69, 9.17) is 17.3 Å². The summed E-state index contributed by atoms with van der Waals surface area (Å²) in [5.41, 5.74) is 8.88. The molecule has 1 aromatic carbocycles. The van der Waals surface area contributed by atoms with Crippen LogP contribution in [0.2, 0.25) is 5.02 Å². The summed E-state index contributed by atoms with van der Waals surface area (Å²) < 4.78 is 0. The van der Waals surface area contributed by atoms with Crippen molar-refractivity contribution in [2.75, 3.05) is 6.54 Å². The number of nitrogens with two attached hydrogens (primary N) is 1. The van der Waals surface area contributed by atoms with E-state index in [9.17, 15) is 0 Å². The smallest absolute Gasteiger partial charge is 0.0408 e. The zero-order chi connectivity index (χ0) is 10.2. The highest BCUT2D eigenvalue weighted by atomic mass is 35.5. The summed E-state index contributed by atoms with van der Waals surface area (Å²) >= 11 is 5.91. The van der Waals surface area contributed by atoms with Crippen LogP contribution in [-0.2, 0) is 6.42 Å². The Labute approximate surface area is 90.3 Å². The number of aryl methyl sites for hydroxylation is 1. The lowest BCUT2D eigenvalue weighted by Gasteiger charge is -2.14. The molecule has 0 amide bonds. The first-order chi connectivity index (χ1) is 6.65. The second-order valence-electron chi connectivity index (χ2n) is 4.45. The highest BCUT2D eigenvalue weighted by molar-refractivity contribution is 6.30. The maximum atomic E-state index is 5.91. The fourth-order valence-corrected chi connectivity index (χ4v) is 2.12. The lowest BCUT2D eigenvalue weighted by atomic mass is 9.94. The predicted molar refractivity (Wildman–Crippen MR) is 60.6 cm³/mol. The van der Waals surface area contributed by atoms with E-state index < -0.39 is 0 Å². The molecule has 0 unspecified atom stereocenters. The molecule has 0 aromatic heterocycles. The molecule has 1 aromatic rings. The zero-order valence-electron chi connectivity index (χ0n) is 8.52. The van der Waals surface area contributed by atoms with Gasteiger partial charge in [0.2, 0.25) is 0 Å². The Morgan fingerprint density at radius 3 is 2.64 bits per heavy atom. The zero-order valence-corrected chi connectivity index (χ0v) is 9.27. The highest BCUT2D eigenvalue weighted by Crippen LogP contribution is 2.47. The lowest BCUT2D eigenvalue weighted by molar-refractivity contribution is 0.520. The van der Waals surface area contributed by atoms with Crippen molar-refractivity contribution in [3.63, 3.8) is 0 Å². The topological polar surface area (TPSA) is 26.0 Å². The molecule has 1 nitrogen and oxygen atoms in total. The van der Waals surface area contributed by atoms with E-state index in [0.29, 0.717) is 5.41 Å². The molecule has 0 spiro atoms. The summed E-state index contributed by atoms with van der Waals surface area (Å²) in [4.78, 5) is 0. The Morgan fingerprint density at radius 2 is 2.14 bits per heavy atom. The van der Waals surface area contributed by atoms with Crippen molar-refractivity contribution in [2.45, 2.75) is 26.2 Å². The maximum absolute atomic E-state index is 5.91. The van der Waals surface area contributed by atoms with E-state index in [2.05, 4.69) is 13.0 Å². The SMILES string of the molecule is Cc1cc(Cl)ccc1CC1(CN)CC1. The molecule has 2 N–H and O–H groups in total. The molecule has 0 radical (unpaired) electrons. The van der Waals surface area contributed by atoms with Crippen LogP contribution in [0.25, 0.3) is 0 Å². The molecule has 14 heavy (non-hydrogen) atoms. The Balaban J connectivity index is 2.17. The van der Waals surface area contributed by atoms with Crippen molar-refractivity contribution < 1.29 is 0 Å². The van der Waals surface area contributed by atoms with Gasteiger partial charge in [0.25, 0.3) is 0 Å². The lowest BCUT2D eigenvalue weighted by Crippen LogP contribution is -2.18. The van der Waals surface area contributed by atoms with Crippen LogP contribution in [0.1, 0.15) is 24.0 Å². The van der Waals surface area contributed by atoms with Crippen molar-refractivity contribution in [2.24, 2.45) is 11.1 Å². The van der Waals surface area contributed by atoms with Gasteiger partial charge in [0.15, 0.2) is 0 Å². The maximum Gasteiger partial charge on any atom is 0.0408 e. The van der Waals surface area contributed by atoms with Gasteiger partial charge in [-0.2, -0.15) is 0 Å². The summed E-state index contributed by atoms with van der Waals surface area (Å²) in [5, 5.41) is 0.823. The third kappa shape index (κ3) is 1.94. The normalized spacial score (nSPS) is 18.2. The van der Waals surface area contributed by atoms with Gasteiger partial charge >= 0.3 is 0 Å². The quantitative estimate of drug-likeness (QED) is 0.814. The fraction of sp³-hybridized carbons (Fsp3) is 0.500. The van der Waals surface area contributed by atoms with Crippen LogP contribution in [0.5, 0.6) is 0 Å². The molecule has 1 saturated carbocycles. The van der Waals surface area contributed by atoms with Crippen molar-refractivity contribution >= 4 is 11.6 Å². The summed E-state index contributed by atoms with van der Waals surface area (Å²) in [5.74, 6) is 0. The first-order valence-electron chi connectivity index (χ1n) is 5.10. The number of hydrogen-bond donors (Lipinski definition) is 1. The summed E-state index contributed by atoms with van der Waals surface area (Å²) in [6.07, 6.45) is 3.68. The van der Waals surface area contributed by atoms with Crippen molar-refractivity contribution in [3.05, 3.63) is 34.3 Å². The Hall–Kier alpha value is -0.530. The monoisotopic (exact) mass is 209 g/mol. The second kappa shape index (κ2) is 3.56. The van der Waals surface area contributed by atoms with Crippen LogP contribution >= 0.6 is 11.6 Å². The summed E-state index contributed by atoms with van der Waals surface area (Å²) in [7, 11) is 0. The fourth-order valence-electron chi connectivity index (χ4n) is 1.89. The third-order valence-corrected chi connectivity index (χ3v) is 3.50. The second-order valence-corrected chi connectivity index (χ2v) is 4.89. The van der Waals surface area contributed by atoms with Crippen LogP contribution in [0, 0.1) is 12.3 Å². The predicted octanol–water partition coefficient (Wildman–Crippen LogP) is 2.93. The van der Waals surface area contributed by atoms with Gasteiger partial charge in [0.1, 0.15) is 0 Å². The van der Waals surface area contributed by atoms with Gasteiger partial charge in [-0.05, 0) is 61.4 Å². The minimum absolute atomic E-state index is 0.415. The first kappa shape index (κ1) is 10.0. The average molecular weight is 210 g/mol. The van der Waals surface area contributed by atoms with E-state index in [-0.39, 0.29) is 0 Å². The average Bonchev–Trinajstić information content (AvgIpc) is 2.91. The Kier molecular flexibility index (Phi) is 2.54. The van der Waals surface area contributed by atoms with Crippen LogP contribution in [0.3, 0.4) is 0 Å². The van der Waals surface area contributed by atoms with Crippen molar-refractivity contribution in [3.8, 4) is 0 Å². The molecule has 2 rings (SSSR count). The molecular formula is C12H16ClN. The minimum Gasteiger partial charge on any atom is -0.330 e. The number of benzene rings is 1. The molecule has 0 bridgehead atoms. The first-order valence-corrected chi connectivity index (χ1v) is 5.48. The van der Waals surface area contributed by atoms with Gasteiger partial charge in [0.05, 0.1) is 0 Å². The van der Waals surface area contributed by atoms with E-state index in [1.165, 1.54) is 24.0 Å². The van der Waals surface area contributed by atoms with E-state index >= 15 is 0 Å². The van der Waals surface area contributed by atoms with Gasteiger partial charge in [-0.1, -0.05) is 17.7 Å². The molecule has 0 aliphatic heterocycles. The summed E-state index contributed by atoms with van der Waals surface area (Å²) in [6, 6.07) is 6.13. The Morgan fingerprint density at radius 1 is 1.43 bits per heavy atom. The van der Waals surface area contributed by atoms with Crippen molar-refractivity contribution in [1.29, 1.82) is 0 Å². The third-order valence-electron chi connectivity index (χ3n) is 3.26. The van der Waals surface area contributed by atoms with Gasteiger partial charge in [-0.3, -0.25) is 0 Å². The molecule has 0 heterocycles. The van der Waals surface area contributed by atoms with Gasteiger partial charge in [-0.15, -0.1) is 0 Å². The molecular weight excluding hydrogens is 194 g/mol. The summed E-state index contributed by atoms with van der Waals surface area (Å²) in [6.45, 7) is 2.93. The number of hydrogen-bond acceptors (Lipinski definition) is 1.